The van der Waals surface area contributed by atoms with E-state index >= 15 is 0 Å². The lowest BCUT2D eigenvalue weighted by Gasteiger charge is -2.41. The van der Waals surface area contributed by atoms with Gasteiger partial charge in [-0.3, -0.25) is 28.8 Å². The van der Waals surface area contributed by atoms with E-state index in [1.807, 2.05) is 27.7 Å². The number of amides is 5. The number of hydrogen-bond donors (Lipinski definition) is 5. The summed E-state index contributed by atoms with van der Waals surface area (Å²) in [5.74, 6) is -3.16. The van der Waals surface area contributed by atoms with Crippen LogP contribution in [-0.4, -0.2) is 86.4 Å². The standard InChI is InChI=1S/C34H51N7O6/c1-5-9-23(26(42)31(45)37-21-13-14-21)38-30(44)25-20-12-15-22(18-20)41(25)33(47)27(34(2,3)4)40-29(43)24(19-10-7-6-8-11-19)39-32(46)28-35-16-17-36-28/h16-17,19-25,27H,5-15,18H2,1-4H3,(H,35,36)(H,37,45)(H,38,44)(H,39,46)(H,40,43). The first-order valence-electron chi connectivity index (χ1n) is 17.5. The molecule has 1 saturated heterocycles. The average molecular weight is 654 g/mol. The molecule has 4 aliphatic rings. The maximum Gasteiger partial charge on any atom is 0.289 e. The van der Waals surface area contributed by atoms with Gasteiger partial charge >= 0.3 is 0 Å². The lowest BCUT2D eigenvalue weighted by Crippen LogP contribution is -2.64. The molecule has 1 aliphatic heterocycles. The minimum Gasteiger partial charge on any atom is -0.347 e. The van der Waals surface area contributed by atoms with Crippen molar-refractivity contribution in [3.63, 3.8) is 0 Å². The number of hydrogen-bond acceptors (Lipinski definition) is 7. The Morgan fingerprint density at radius 1 is 0.957 bits per heavy atom. The van der Waals surface area contributed by atoms with E-state index in [1.54, 1.807) is 11.1 Å². The summed E-state index contributed by atoms with van der Waals surface area (Å²) in [5.41, 5.74) is -0.723. The summed E-state index contributed by atoms with van der Waals surface area (Å²) in [7, 11) is 0. The molecule has 5 N–H and O–H groups in total. The largest absolute Gasteiger partial charge is 0.347 e. The molecule has 47 heavy (non-hydrogen) atoms. The number of Topliss-reactive ketones (excluding diaryl/α,β-unsaturated/α-hetero) is 1. The van der Waals surface area contributed by atoms with E-state index in [4.69, 9.17) is 0 Å². The second-order valence-electron chi connectivity index (χ2n) is 15.0. The summed E-state index contributed by atoms with van der Waals surface area (Å²) in [6.45, 7) is 7.48. The summed E-state index contributed by atoms with van der Waals surface area (Å²) < 4.78 is 0. The molecule has 6 atom stereocenters. The highest BCUT2D eigenvalue weighted by Crippen LogP contribution is 2.44. The quantitative estimate of drug-likeness (QED) is 0.202. The van der Waals surface area contributed by atoms with Crippen LogP contribution >= 0.6 is 0 Å². The molecule has 1 aromatic rings. The van der Waals surface area contributed by atoms with Crippen LogP contribution in [0.25, 0.3) is 0 Å². The molecule has 4 fully saturated rings. The molecule has 0 radical (unpaired) electrons. The molecule has 13 heteroatoms. The maximum absolute atomic E-state index is 14.5. The summed E-state index contributed by atoms with van der Waals surface area (Å²) in [4.78, 5) is 89.5. The molecule has 0 aromatic carbocycles. The van der Waals surface area contributed by atoms with Crippen LogP contribution < -0.4 is 21.3 Å². The molecule has 13 nitrogen and oxygen atoms in total. The van der Waals surface area contributed by atoms with Crippen LogP contribution in [0.2, 0.25) is 0 Å². The number of carbonyl (C=O) groups excluding carboxylic acids is 6. The number of carbonyl (C=O) groups is 6. The summed E-state index contributed by atoms with van der Waals surface area (Å²) in [6, 6.07) is -3.78. The van der Waals surface area contributed by atoms with Crippen LogP contribution in [0.1, 0.15) is 115 Å². The van der Waals surface area contributed by atoms with E-state index in [1.165, 1.54) is 6.20 Å². The smallest absolute Gasteiger partial charge is 0.289 e. The van der Waals surface area contributed by atoms with Gasteiger partial charge in [0, 0.05) is 24.5 Å². The summed E-state index contributed by atoms with van der Waals surface area (Å²) >= 11 is 0. The minimum atomic E-state index is -0.978. The van der Waals surface area contributed by atoms with Crippen molar-refractivity contribution in [2.45, 2.75) is 141 Å². The van der Waals surface area contributed by atoms with Crippen LogP contribution in [0.5, 0.6) is 0 Å². The van der Waals surface area contributed by atoms with Gasteiger partial charge in [-0.25, -0.2) is 4.98 Å². The van der Waals surface area contributed by atoms with Crippen LogP contribution in [0, 0.1) is 17.3 Å². The van der Waals surface area contributed by atoms with Crippen molar-refractivity contribution in [3.8, 4) is 0 Å². The first-order valence-corrected chi connectivity index (χ1v) is 17.5. The number of likely N-dealkylation sites (tertiary alicyclic amines) is 1. The SMILES string of the molecule is CCCC(NC(=O)C1C2CCC(C2)N1C(=O)C(NC(=O)C(NC(=O)c1ncc[nH]1)C1CCCCC1)C(C)(C)C)C(=O)C(=O)NC1CC1. The molecule has 2 bridgehead atoms. The van der Waals surface area contributed by atoms with Gasteiger partial charge < -0.3 is 31.2 Å². The third kappa shape index (κ3) is 8.03. The van der Waals surface area contributed by atoms with Crippen LogP contribution in [0.4, 0.5) is 0 Å². The number of imidazole rings is 1. The zero-order valence-corrected chi connectivity index (χ0v) is 28.1. The number of fused-ring (bicyclic) bond motifs is 2. The van der Waals surface area contributed by atoms with Crippen molar-refractivity contribution in [1.82, 2.24) is 36.1 Å². The molecule has 0 spiro atoms. The number of nitrogens with one attached hydrogen (secondary N) is 5. The monoisotopic (exact) mass is 653 g/mol. The van der Waals surface area contributed by atoms with Gasteiger partial charge in [-0.2, -0.15) is 0 Å². The number of piperidine rings is 1. The van der Waals surface area contributed by atoms with Crippen molar-refractivity contribution < 1.29 is 28.8 Å². The van der Waals surface area contributed by atoms with E-state index in [9.17, 15) is 28.8 Å². The van der Waals surface area contributed by atoms with Crippen molar-refractivity contribution in [1.29, 1.82) is 0 Å². The van der Waals surface area contributed by atoms with Gasteiger partial charge in [0.1, 0.15) is 18.1 Å². The van der Waals surface area contributed by atoms with Crippen molar-refractivity contribution >= 4 is 35.3 Å². The number of H-pyrrole nitrogens is 1. The Hall–Kier alpha value is -3.77. The molecule has 1 aromatic heterocycles. The summed E-state index contributed by atoms with van der Waals surface area (Å²) in [6.07, 6.45) is 12.3. The number of rotatable bonds is 13. The summed E-state index contributed by atoms with van der Waals surface area (Å²) in [5, 5.41) is 11.4. The number of aromatic amines is 1. The van der Waals surface area contributed by atoms with Gasteiger partial charge in [0.2, 0.25) is 23.5 Å². The molecular formula is C34H51N7O6. The molecule has 6 unspecified atom stereocenters. The number of nitrogens with zero attached hydrogens (tertiary/aromatic N) is 2. The van der Waals surface area contributed by atoms with E-state index in [-0.39, 0.29) is 35.7 Å². The van der Waals surface area contributed by atoms with Crippen LogP contribution in [-0.2, 0) is 24.0 Å². The van der Waals surface area contributed by atoms with Crippen molar-refractivity contribution in [3.05, 3.63) is 18.2 Å². The molecule has 2 heterocycles. The number of aromatic nitrogens is 2. The maximum atomic E-state index is 14.5. The zero-order valence-electron chi connectivity index (χ0n) is 28.1. The van der Waals surface area contributed by atoms with Crippen molar-refractivity contribution in [2.75, 3.05) is 0 Å². The van der Waals surface area contributed by atoms with Crippen LogP contribution in [0.3, 0.4) is 0 Å². The fourth-order valence-corrected chi connectivity index (χ4v) is 7.59. The van der Waals surface area contributed by atoms with Crippen LogP contribution in [0.15, 0.2) is 12.4 Å². The average Bonchev–Trinajstić information content (AvgIpc) is 3.40. The Morgan fingerprint density at radius 2 is 1.68 bits per heavy atom. The predicted molar refractivity (Wildman–Crippen MR) is 173 cm³/mol. The van der Waals surface area contributed by atoms with E-state index < -0.39 is 59.0 Å². The molecular weight excluding hydrogens is 602 g/mol. The van der Waals surface area contributed by atoms with Crippen molar-refractivity contribution in [2.24, 2.45) is 17.3 Å². The number of ketones is 1. The van der Waals surface area contributed by atoms with Gasteiger partial charge in [-0.05, 0) is 68.6 Å². The Labute approximate surface area is 276 Å². The normalized spacial score (nSPS) is 24.6. The van der Waals surface area contributed by atoms with E-state index in [0.29, 0.717) is 19.3 Å². The Balaban J connectivity index is 1.34. The van der Waals surface area contributed by atoms with Gasteiger partial charge in [0.15, 0.2) is 5.82 Å². The topological polar surface area (TPSA) is 182 Å². The third-order valence-electron chi connectivity index (χ3n) is 10.3. The highest BCUT2D eigenvalue weighted by Gasteiger charge is 2.54. The van der Waals surface area contributed by atoms with Gasteiger partial charge in [-0.1, -0.05) is 53.4 Å². The minimum absolute atomic E-state index is 0.0174. The zero-order chi connectivity index (χ0) is 33.9. The Kier molecular flexibility index (Phi) is 10.7. The third-order valence-corrected chi connectivity index (χ3v) is 10.3. The predicted octanol–water partition coefficient (Wildman–Crippen LogP) is 2.13. The van der Waals surface area contributed by atoms with Gasteiger partial charge in [0.05, 0.1) is 6.04 Å². The lowest BCUT2D eigenvalue weighted by atomic mass is 9.81. The van der Waals surface area contributed by atoms with Gasteiger partial charge in [0.25, 0.3) is 11.8 Å². The first-order chi connectivity index (χ1) is 22.4. The fourth-order valence-electron chi connectivity index (χ4n) is 7.59. The second-order valence-corrected chi connectivity index (χ2v) is 15.0. The molecule has 258 valence electrons. The highest BCUT2D eigenvalue weighted by molar-refractivity contribution is 6.38. The Bertz CT molecular complexity index is 1330. The van der Waals surface area contributed by atoms with E-state index in [2.05, 4.69) is 31.2 Å². The molecule has 5 rings (SSSR count). The van der Waals surface area contributed by atoms with E-state index in [0.717, 1.165) is 57.8 Å². The molecule has 3 saturated carbocycles. The molecule has 5 amide bonds. The first kappa shape index (κ1) is 34.6. The second kappa shape index (κ2) is 14.6. The van der Waals surface area contributed by atoms with Gasteiger partial charge in [-0.15, -0.1) is 0 Å². The fraction of sp³-hybridized carbons (Fsp3) is 0.735. The molecule has 3 aliphatic carbocycles. The lowest BCUT2D eigenvalue weighted by molar-refractivity contribution is -0.149. The Morgan fingerprint density at radius 3 is 2.30 bits per heavy atom. The highest BCUT2D eigenvalue weighted by atomic mass is 16.2.